The topological polar surface area (TPSA) is 20.2 Å². The van der Waals surface area contributed by atoms with Gasteiger partial charge in [0, 0.05) is 0 Å². The summed E-state index contributed by atoms with van der Waals surface area (Å²) in [5.41, 5.74) is 6.43. The molecular weight excluding hydrogens is 364 g/mol. The van der Waals surface area contributed by atoms with Crippen LogP contribution in [0.2, 0.25) is 0 Å². The standard InChI is InChI=1S/C29H36O/c1-2-3-4-5-6-7-14-19-27-28(23-25-17-12-9-13-18-25)26(20-21-29(27)30)22-24-15-10-8-11-16-24/h8-13,15-18,20-21,30H,2-7,14,19,22-23H2,1H3. The molecule has 0 spiro atoms. The van der Waals surface area contributed by atoms with Crippen LogP contribution in [0.3, 0.4) is 0 Å². The minimum atomic E-state index is 0.462. The van der Waals surface area contributed by atoms with Gasteiger partial charge in [-0.05, 0) is 59.6 Å². The zero-order valence-electron chi connectivity index (χ0n) is 18.4. The first-order valence-electron chi connectivity index (χ1n) is 11.7. The maximum absolute atomic E-state index is 10.7. The fourth-order valence-corrected chi connectivity index (χ4v) is 4.27. The number of rotatable bonds is 12. The molecule has 0 saturated heterocycles. The highest BCUT2D eigenvalue weighted by molar-refractivity contribution is 5.48. The van der Waals surface area contributed by atoms with E-state index >= 15 is 0 Å². The quantitative estimate of drug-likeness (QED) is 0.307. The van der Waals surface area contributed by atoms with Crippen molar-refractivity contribution in [2.45, 2.75) is 71.1 Å². The van der Waals surface area contributed by atoms with E-state index in [2.05, 4.69) is 73.7 Å². The van der Waals surface area contributed by atoms with Gasteiger partial charge in [-0.2, -0.15) is 0 Å². The summed E-state index contributed by atoms with van der Waals surface area (Å²) in [4.78, 5) is 0. The average Bonchev–Trinajstić information content (AvgIpc) is 2.78. The number of aromatic hydroxyl groups is 1. The second kappa shape index (κ2) is 12.2. The van der Waals surface area contributed by atoms with E-state index in [0.717, 1.165) is 31.2 Å². The third-order valence-electron chi connectivity index (χ3n) is 5.99. The molecule has 3 aromatic carbocycles. The minimum absolute atomic E-state index is 0.462. The SMILES string of the molecule is CCCCCCCCCc1c(O)ccc(Cc2ccccc2)c1Cc1ccccc1. The van der Waals surface area contributed by atoms with Crippen LogP contribution in [0, 0.1) is 0 Å². The highest BCUT2D eigenvalue weighted by Gasteiger charge is 2.14. The lowest BCUT2D eigenvalue weighted by Gasteiger charge is -2.17. The van der Waals surface area contributed by atoms with Gasteiger partial charge in [0.25, 0.3) is 0 Å². The van der Waals surface area contributed by atoms with E-state index < -0.39 is 0 Å². The van der Waals surface area contributed by atoms with Gasteiger partial charge in [-0.25, -0.2) is 0 Å². The van der Waals surface area contributed by atoms with Gasteiger partial charge in [-0.1, -0.05) is 112 Å². The number of hydrogen-bond acceptors (Lipinski definition) is 1. The zero-order valence-corrected chi connectivity index (χ0v) is 18.4. The first-order valence-corrected chi connectivity index (χ1v) is 11.7. The van der Waals surface area contributed by atoms with Crippen molar-refractivity contribution >= 4 is 0 Å². The molecule has 0 aliphatic rings. The van der Waals surface area contributed by atoms with Gasteiger partial charge >= 0.3 is 0 Å². The van der Waals surface area contributed by atoms with Gasteiger partial charge in [0.15, 0.2) is 0 Å². The zero-order chi connectivity index (χ0) is 21.0. The van der Waals surface area contributed by atoms with Gasteiger partial charge in [-0.15, -0.1) is 0 Å². The predicted molar refractivity (Wildman–Crippen MR) is 128 cm³/mol. The van der Waals surface area contributed by atoms with Crippen molar-refractivity contribution in [3.05, 3.63) is 101 Å². The molecule has 0 amide bonds. The molecule has 0 heterocycles. The summed E-state index contributed by atoms with van der Waals surface area (Å²) in [5, 5.41) is 10.7. The predicted octanol–water partition coefficient (Wildman–Crippen LogP) is 7.87. The van der Waals surface area contributed by atoms with E-state index in [4.69, 9.17) is 0 Å². The second-order valence-electron chi connectivity index (χ2n) is 8.40. The van der Waals surface area contributed by atoms with E-state index in [1.54, 1.807) is 0 Å². The first kappa shape index (κ1) is 22.2. The molecule has 0 atom stereocenters. The molecule has 0 bridgehead atoms. The number of unbranched alkanes of at least 4 members (excludes halogenated alkanes) is 6. The summed E-state index contributed by atoms with van der Waals surface area (Å²) in [6.07, 6.45) is 11.8. The third kappa shape index (κ3) is 6.76. The summed E-state index contributed by atoms with van der Waals surface area (Å²) in [5.74, 6) is 0.462. The van der Waals surface area contributed by atoms with Gasteiger partial charge < -0.3 is 5.11 Å². The average molecular weight is 401 g/mol. The van der Waals surface area contributed by atoms with Crippen LogP contribution >= 0.6 is 0 Å². The molecule has 30 heavy (non-hydrogen) atoms. The Morgan fingerprint density at radius 3 is 1.77 bits per heavy atom. The monoisotopic (exact) mass is 400 g/mol. The number of phenols is 1. The Morgan fingerprint density at radius 1 is 0.567 bits per heavy atom. The Morgan fingerprint density at radius 2 is 1.13 bits per heavy atom. The molecular formula is C29H36O. The molecule has 1 N–H and O–H groups in total. The van der Waals surface area contributed by atoms with E-state index in [-0.39, 0.29) is 0 Å². The fraction of sp³-hybridized carbons (Fsp3) is 0.379. The highest BCUT2D eigenvalue weighted by atomic mass is 16.3. The molecule has 0 saturated carbocycles. The summed E-state index contributed by atoms with van der Waals surface area (Å²) in [7, 11) is 0. The maximum atomic E-state index is 10.7. The van der Waals surface area contributed by atoms with Crippen LogP contribution in [0.25, 0.3) is 0 Å². The molecule has 0 aliphatic carbocycles. The van der Waals surface area contributed by atoms with Crippen molar-refractivity contribution in [3.63, 3.8) is 0 Å². The lowest BCUT2D eigenvalue weighted by Crippen LogP contribution is -2.03. The van der Waals surface area contributed by atoms with Crippen molar-refractivity contribution in [1.82, 2.24) is 0 Å². The van der Waals surface area contributed by atoms with E-state index in [0.29, 0.717) is 5.75 Å². The highest BCUT2D eigenvalue weighted by Crippen LogP contribution is 2.30. The van der Waals surface area contributed by atoms with Gasteiger partial charge in [0.05, 0.1) is 0 Å². The normalized spacial score (nSPS) is 11.0. The number of phenolic OH excluding ortho intramolecular Hbond substituents is 1. The molecule has 0 fully saturated rings. The molecule has 1 nitrogen and oxygen atoms in total. The summed E-state index contributed by atoms with van der Waals surface area (Å²) in [6.45, 7) is 2.26. The summed E-state index contributed by atoms with van der Waals surface area (Å²) >= 11 is 0. The van der Waals surface area contributed by atoms with Gasteiger partial charge in [0.1, 0.15) is 5.75 Å². The number of benzene rings is 3. The lowest BCUT2D eigenvalue weighted by atomic mass is 9.88. The van der Waals surface area contributed by atoms with Crippen molar-refractivity contribution < 1.29 is 5.11 Å². The van der Waals surface area contributed by atoms with Crippen LogP contribution in [0.15, 0.2) is 72.8 Å². The molecule has 0 aromatic heterocycles. The Bertz CT molecular complexity index is 868. The van der Waals surface area contributed by atoms with Crippen LogP contribution in [0.4, 0.5) is 0 Å². The lowest BCUT2D eigenvalue weighted by molar-refractivity contribution is 0.464. The molecule has 0 unspecified atom stereocenters. The van der Waals surface area contributed by atoms with E-state index in [1.807, 2.05) is 6.07 Å². The van der Waals surface area contributed by atoms with Crippen molar-refractivity contribution in [3.8, 4) is 5.75 Å². The molecule has 158 valence electrons. The summed E-state index contributed by atoms with van der Waals surface area (Å²) in [6, 6.07) is 25.3. The largest absolute Gasteiger partial charge is 0.508 e. The smallest absolute Gasteiger partial charge is 0.119 e. The molecule has 3 aromatic rings. The van der Waals surface area contributed by atoms with E-state index in [9.17, 15) is 5.11 Å². The number of hydrogen-bond donors (Lipinski definition) is 1. The second-order valence-corrected chi connectivity index (χ2v) is 8.40. The van der Waals surface area contributed by atoms with Crippen LogP contribution < -0.4 is 0 Å². The Hall–Kier alpha value is -2.54. The van der Waals surface area contributed by atoms with Crippen LogP contribution in [-0.4, -0.2) is 5.11 Å². The summed E-state index contributed by atoms with van der Waals surface area (Å²) < 4.78 is 0. The molecule has 0 aliphatic heterocycles. The first-order chi connectivity index (χ1) is 14.8. The third-order valence-corrected chi connectivity index (χ3v) is 5.99. The Kier molecular flexibility index (Phi) is 9.03. The van der Waals surface area contributed by atoms with Crippen LogP contribution in [0.1, 0.15) is 79.7 Å². The Labute approximate surface area is 182 Å². The van der Waals surface area contributed by atoms with Crippen molar-refractivity contribution in [2.75, 3.05) is 0 Å². The minimum Gasteiger partial charge on any atom is -0.508 e. The molecule has 1 heteroatoms. The van der Waals surface area contributed by atoms with Crippen LogP contribution in [-0.2, 0) is 19.3 Å². The fourth-order valence-electron chi connectivity index (χ4n) is 4.27. The van der Waals surface area contributed by atoms with Crippen molar-refractivity contribution in [1.29, 1.82) is 0 Å². The van der Waals surface area contributed by atoms with Gasteiger partial charge in [-0.3, -0.25) is 0 Å². The van der Waals surface area contributed by atoms with E-state index in [1.165, 1.54) is 60.8 Å². The molecule has 3 rings (SSSR count). The maximum Gasteiger partial charge on any atom is 0.119 e. The van der Waals surface area contributed by atoms with Crippen molar-refractivity contribution in [2.24, 2.45) is 0 Å². The van der Waals surface area contributed by atoms with Gasteiger partial charge in [0.2, 0.25) is 0 Å². The Balaban J connectivity index is 1.77. The molecule has 0 radical (unpaired) electrons. The van der Waals surface area contributed by atoms with Crippen LogP contribution in [0.5, 0.6) is 5.75 Å².